The van der Waals surface area contributed by atoms with E-state index in [1.54, 1.807) is 26.2 Å². The van der Waals surface area contributed by atoms with E-state index in [1.165, 1.54) is 11.6 Å². The van der Waals surface area contributed by atoms with E-state index in [0.29, 0.717) is 18.4 Å². The van der Waals surface area contributed by atoms with Gasteiger partial charge in [-0.1, -0.05) is 69.7 Å². The fraction of sp³-hybridized carbons (Fsp3) is 0.558. The SMILES string of the molecule is C=C[C@]1(C)C[C@@H](OC(=O)COC(=O)/C=C(C)/C=C/C=C(C)/C=C/c2c(C)cc(OC)c(C)c2C)[C@]2(C)CC[C@@H](C)C3(CCC(=O)[C@H]32)[C@@H](C)[C@@H]1O. The number of hydrogen-bond donors (Lipinski definition) is 1. The summed E-state index contributed by atoms with van der Waals surface area (Å²) >= 11 is 0. The van der Waals surface area contributed by atoms with Crippen molar-refractivity contribution in [1.82, 2.24) is 0 Å². The molecule has 0 aromatic heterocycles. The molecule has 1 unspecified atom stereocenters. The first-order chi connectivity index (χ1) is 23.4. The van der Waals surface area contributed by atoms with Crippen LogP contribution in [0, 0.1) is 54.8 Å². The Bertz CT molecular complexity index is 1630. The van der Waals surface area contributed by atoms with Gasteiger partial charge >= 0.3 is 11.9 Å². The fourth-order valence-corrected chi connectivity index (χ4v) is 9.42. The van der Waals surface area contributed by atoms with E-state index >= 15 is 0 Å². The van der Waals surface area contributed by atoms with Gasteiger partial charge in [-0.15, -0.1) is 6.58 Å². The van der Waals surface area contributed by atoms with Crippen LogP contribution in [0.3, 0.4) is 0 Å². The number of esters is 2. The number of rotatable bonds is 10. The van der Waals surface area contributed by atoms with Crippen LogP contribution in [0.15, 0.2) is 60.2 Å². The Morgan fingerprint density at radius 1 is 1.06 bits per heavy atom. The number of ether oxygens (including phenoxy) is 3. The minimum absolute atomic E-state index is 0.119. The van der Waals surface area contributed by atoms with E-state index in [1.807, 2.05) is 32.1 Å². The molecule has 4 rings (SSSR count). The number of aliphatic hydroxyl groups excluding tert-OH is 1. The number of Topliss-reactive ketones (excluding diaryl/α,β-unsaturated/α-hetero) is 1. The van der Waals surface area contributed by atoms with E-state index in [0.717, 1.165) is 47.3 Å². The molecule has 272 valence electrons. The third-order valence-corrected chi connectivity index (χ3v) is 12.7. The molecule has 1 N–H and O–H groups in total. The van der Waals surface area contributed by atoms with Crippen LogP contribution in [0.2, 0.25) is 0 Å². The number of carbonyl (C=O) groups is 3. The fourth-order valence-electron chi connectivity index (χ4n) is 9.42. The van der Waals surface area contributed by atoms with Gasteiger partial charge in [0.25, 0.3) is 0 Å². The lowest BCUT2D eigenvalue weighted by molar-refractivity contribution is -0.206. The molecule has 0 aliphatic heterocycles. The summed E-state index contributed by atoms with van der Waals surface area (Å²) in [6.45, 7) is 21.8. The normalized spacial score (nSPS) is 33.2. The lowest BCUT2D eigenvalue weighted by Crippen LogP contribution is -2.63. The highest BCUT2D eigenvalue weighted by molar-refractivity contribution is 5.86. The Labute approximate surface area is 299 Å². The van der Waals surface area contributed by atoms with E-state index in [-0.39, 0.29) is 29.0 Å². The minimum Gasteiger partial charge on any atom is -0.496 e. The summed E-state index contributed by atoms with van der Waals surface area (Å²) in [7, 11) is 1.69. The standard InChI is InChI=1S/C43H58O7/c1-12-41(9)24-36(42(10)20-18-29(5)43(32(8)40(41)47)21-19-34(44)39(42)43)50-38(46)25-49-37(45)22-27(3)15-13-14-26(2)16-17-33-28(4)23-35(48-11)31(7)30(33)6/h12-17,22-23,29,32,36,39-40,47H,1,18-21,24-25H2,2-11H3/b15-13+,17-16+,26-14+,27-22+/t29-,32+,36-,39+,40+,41-,42+,43?/m1/s1. The molecule has 50 heavy (non-hydrogen) atoms. The number of benzene rings is 1. The van der Waals surface area contributed by atoms with Crippen molar-refractivity contribution in [3.8, 4) is 5.75 Å². The number of methoxy groups -OCH3 is 1. The molecule has 3 aliphatic rings. The van der Waals surface area contributed by atoms with Gasteiger partial charge in [-0.05, 0) is 111 Å². The van der Waals surface area contributed by atoms with Crippen molar-refractivity contribution in [1.29, 1.82) is 0 Å². The zero-order chi connectivity index (χ0) is 37.2. The van der Waals surface area contributed by atoms with E-state index < -0.39 is 41.6 Å². The van der Waals surface area contributed by atoms with Gasteiger partial charge in [-0.25, -0.2) is 9.59 Å². The highest BCUT2D eigenvalue weighted by Crippen LogP contribution is 2.68. The second kappa shape index (κ2) is 15.3. The third-order valence-electron chi connectivity index (χ3n) is 12.7. The predicted molar refractivity (Wildman–Crippen MR) is 198 cm³/mol. The number of allylic oxidation sites excluding steroid dienone is 6. The van der Waals surface area contributed by atoms with Gasteiger partial charge in [-0.2, -0.15) is 0 Å². The van der Waals surface area contributed by atoms with Crippen LogP contribution in [0.5, 0.6) is 5.75 Å². The van der Waals surface area contributed by atoms with Crippen LogP contribution in [0.4, 0.5) is 0 Å². The van der Waals surface area contributed by atoms with Crippen LogP contribution in [-0.2, 0) is 23.9 Å². The first-order valence-electron chi connectivity index (χ1n) is 18.0. The molecule has 7 nitrogen and oxygen atoms in total. The number of aryl methyl sites for hydroxylation is 1. The summed E-state index contributed by atoms with van der Waals surface area (Å²) in [5, 5.41) is 11.8. The molecule has 3 saturated carbocycles. The summed E-state index contributed by atoms with van der Waals surface area (Å²) in [6.07, 6.45) is 14.6. The largest absolute Gasteiger partial charge is 0.496 e. The molecule has 3 fully saturated rings. The molecule has 3 aliphatic carbocycles. The van der Waals surface area contributed by atoms with Crippen molar-refractivity contribution in [3.63, 3.8) is 0 Å². The average molecular weight is 687 g/mol. The zero-order valence-electron chi connectivity index (χ0n) is 31.9. The summed E-state index contributed by atoms with van der Waals surface area (Å²) in [4.78, 5) is 39.5. The smallest absolute Gasteiger partial charge is 0.344 e. The molecule has 8 atom stereocenters. The third kappa shape index (κ3) is 7.35. The van der Waals surface area contributed by atoms with Crippen molar-refractivity contribution >= 4 is 23.8 Å². The number of hydrogen-bond acceptors (Lipinski definition) is 7. The van der Waals surface area contributed by atoms with Gasteiger partial charge in [0.1, 0.15) is 17.6 Å². The molecule has 0 spiro atoms. The van der Waals surface area contributed by atoms with Gasteiger partial charge in [-0.3, -0.25) is 4.79 Å². The molecule has 2 bridgehead atoms. The molecular weight excluding hydrogens is 628 g/mol. The summed E-state index contributed by atoms with van der Waals surface area (Å²) in [6, 6.07) is 2.05. The van der Waals surface area contributed by atoms with Gasteiger partial charge < -0.3 is 19.3 Å². The Morgan fingerprint density at radius 3 is 2.42 bits per heavy atom. The molecule has 0 amide bonds. The van der Waals surface area contributed by atoms with E-state index in [9.17, 15) is 19.5 Å². The summed E-state index contributed by atoms with van der Waals surface area (Å²) in [5.74, 6) is -0.422. The van der Waals surface area contributed by atoms with Crippen molar-refractivity contribution in [3.05, 3.63) is 82.5 Å². The second-order valence-corrected chi connectivity index (χ2v) is 15.7. The highest BCUT2D eigenvalue weighted by atomic mass is 16.6. The Hall–Kier alpha value is -3.71. The first kappa shape index (κ1) is 39.1. The number of aliphatic hydroxyl groups is 1. The van der Waals surface area contributed by atoms with Crippen molar-refractivity contribution in [2.75, 3.05) is 13.7 Å². The van der Waals surface area contributed by atoms with Crippen molar-refractivity contribution in [2.45, 2.75) is 107 Å². The Kier molecular flexibility index (Phi) is 11.9. The maximum absolute atomic E-state index is 13.6. The maximum atomic E-state index is 13.6. The minimum atomic E-state index is -0.750. The molecule has 0 heterocycles. The van der Waals surface area contributed by atoms with Crippen LogP contribution in [0.1, 0.15) is 95.9 Å². The van der Waals surface area contributed by atoms with Crippen molar-refractivity contribution in [2.24, 2.45) is 34.0 Å². The Morgan fingerprint density at radius 2 is 1.76 bits per heavy atom. The average Bonchev–Trinajstić information content (AvgIpc) is 3.44. The lowest BCUT2D eigenvalue weighted by atomic mass is 9.43. The zero-order valence-corrected chi connectivity index (χ0v) is 31.9. The maximum Gasteiger partial charge on any atom is 0.344 e. The molecule has 7 heteroatoms. The topological polar surface area (TPSA) is 99.1 Å². The molecule has 1 aromatic rings. The molecule has 0 saturated heterocycles. The van der Waals surface area contributed by atoms with Crippen molar-refractivity contribution < 1.29 is 33.7 Å². The predicted octanol–water partition coefficient (Wildman–Crippen LogP) is 8.53. The van der Waals surface area contributed by atoms with E-state index in [2.05, 4.69) is 60.3 Å². The molecule has 0 radical (unpaired) electrons. The molecule has 1 aromatic carbocycles. The highest BCUT2D eigenvalue weighted by Gasteiger charge is 2.68. The van der Waals surface area contributed by atoms with Crippen LogP contribution in [-0.4, -0.2) is 48.8 Å². The number of ketones is 1. The van der Waals surface area contributed by atoms with Gasteiger partial charge in [0.05, 0.1) is 13.2 Å². The van der Waals surface area contributed by atoms with Gasteiger partial charge in [0.2, 0.25) is 0 Å². The van der Waals surface area contributed by atoms with Crippen LogP contribution in [0.25, 0.3) is 6.08 Å². The molecular formula is C43H58O7. The van der Waals surface area contributed by atoms with Gasteiger partial charge in [0.15, 0.2) is 6.61 Å². The lowest BCUT2D eigenvalue weighted by Gasteiger charge is -2.62. The Balaban J connectivity index is 1.41. The summed E-state index contributed by atoms with van der Waals surface area (Å²) < 4.78 is 16.9. The monoisotopic (exact) mass is 686 g/mol. The number of carbonyl (C=O) groups excluding carboxylic acids is 3. The summed E-state index contributed by atoms with van der Waals surface area (Å²) in [5.41, 5.74) is 4.59. The second-order valence-electron chi connectivity index (χ2n) is 15.7. The van der Waals surface area contributed by atoms with Gasteiger partial charge in [0, 0.05) is 29.2 Å². The quantitative estimate of drug-likeness (QED) is 0.114. The first-order valence-corrected chi connectivity index (χ1v) is 18.0. The van der Waals surface area contributed by atoms with E-state index in [4.69, 9.17) is 14.2 Å². The van der Waals surface area contributed by atoms with Crippen LogP contribution < -0.4 is 4.74 Å². The van der Waals surface area contributed by atoms with Crippen LogP contribution >= 0.6 is 0 Å².